The van der Waals surface area contributed by atoms with E-state index < -0.39 is 0 Å². The van der Waals surface area contributed by atoms with E-state index in [0.29, 0.717) is 17.6 Å². The Morgan fingerprint density at radius 1 is 0.375 bits per heavy atom. The fourth-order valence-electron chi connectivity index (χ4n) is 9.34. The SMILES string of the molecule is c1ccc(-c2ccc3ccccc3c2-c2nc(-c3ccc4ccccc4c3)nc(-n3c4cccc5c4c4c6c(ccc7sc8cccc-5c8c76)ccc43)n2)cc1. The third kappa shape index (κ3) is 4.09. The Bertz CT molecular complexity index is 3650. The van der Waals surface area contributed by atoms with Crippen LogP contribution in [0.5, 0.6) is 0 Å². The lowest BCUT2D eigenvalue weighted by Crippen LogP contribution is -2.07. The predicted molar refractivity (Wildman–Crippen MR) is 235 cm³/mol. The van der Waals surface area contributed by atoms with Crippen LogP contribution in [0.15, 0.2) is 170 Å². The highest BCUT2D eigenvalue weighted by molar-refractivity contribution is 7.26. The maximum absolute atomic E-state index is 5.53. The number of thiophene rings is 1. The van der Waals surface area contributed by atoms with E-state index in [9.17, 15) is 0 Å². The normalized spacial score (nSPS) is 12.3. The van der Waals surface area contributed by atoms with E-state index in [0.717, 1.165) is 49.4 Å². The van der Waals surface area contributed by atoms with E-state index in [2.05, 4.69) is 174 Å². The Morgan fingerprint density at radius 3 is 1.98 bits per heavy atom. The van der Waals surface area contributed by atoms with Gasteiger partial charge in [-0.1, -0.05) is 140 Å². The molecule has 4 nitrogen and oxygen atoms in total. The first kappa shape index (κ1) is 30.2. The van der Waals surface area contributed by atoms with E-state index in [1.54, 1.807) is 0 Å². The van der Waals surface area contributed by atoms with Gasteiger partial charge in [0.05, 0.1) is 11.0 Å². The molecule has 9 aromatic carbocycles. The molecule has 3 heterocycles. The minimum Gasteiger partial charge on any atom is -0.278 e. The Kier molecular flexibility index (Phi) is 6.01. The van der Waals surface area contributed by atoms with Gasteiger partial charge >= 0.3 is 0 Å². The quantitative estimate of drug-likeness (QED) is 0.181. The van der Waals surface area contributed by atoms with E-state index in [-0.39, 0.29) is 0 Å². The third-order valence-corrected chi connectivity index (χ3v) is 12.9. The fraction of sp³-hybridized carbons (Fsp3) is 0. The van der Waals surface area contributed by atoms with Gasteiger partial charge in [-0.25, -0.2) is 4.98 Å². The second-order valence-corrected chi connectivity index (χ2v) is 15.8. The van der Waals surface area contributed by atoms with Gasteiger partial charge in [0.25, 0.3) is 0 Å². The summed E-state index contributed by atoms with van der Waals surface area (Å²) in [7, 11) is 0. The largest absolute Gasteiger partial charge is 0.278 e. The second-order valence-electron chi connectivity index (χ2n) is 14.7. The summed E-state index contributed by atoms with van der Waals surface area (Å²) >= 11 is 1.88. The van der Waals surface area contributed by atoms with E-state index in [1.807, 2.05) is 11.3 Å². The summed E-state index contributed by atoms with van der Waals surface area (Å²) in [5, 5.41) is 12.3. The van der Waals surface area contributed by atoms with Crippen molar-refractivity contribution in [2.75, 3.05) is 0 Å². The number of rotatable bonds is 4. The van der Waals surface area contributed by atoms with Gasteiger partial charge in [-0.15, -0.1) is 11.3 Å². The molecule has 0 aliphatic heterocycles. The molecule has 0 fully saturated rings. The van der Waals surface area contributed by atoms with Crippen molar-refractivity contribution in [1.29, 1.82) is 0 Å². The van der Waals surface area contributed by atoms with Gasteiger partial charge in [0, 0.05) is 47.5 Å². The standard InChI is InChI=1S/C51H28N4S/c1-2-11-30(12-3-1)36-25-22-31-13-6-7-15-35(31)44(36)50-52-49(34-21-20-29-10-4-5-14-33(29)28-34)53-51(54-50)55-39-18-8-16-37-38-17-9-19-41-46(38)48-42(56-41)27-24-32-23-26-40(55)47(43(32)48)45(37)39/h1-28H. The summed E-state index contributed by atoms with van der Waals surface area (Å²) in [6.07, 6.45) is 0. The number of nitrogens with zero attached hydrogens (tertiary/aromatic N) is 4. The molecule has 13 rings (SSSR count). The number of fused-ring (bicyclic) bond motifs is 3. The predicted octanol–water partition coefficient (Wildman–Crippen LogP) is 13.8. The highest BCUT2D eigenvalue weighted by Crippen LogP contribution is 2.52. The lowest BCUT2D eigenvalue weighted by molar-refractivity contribution is 0.955. The van der Waals surface area contributed by atoms with Gasteiger partial charge in [-0.3, -0.25) is 4.57 Å². The lowest BCUT2D eigenvalue weighted by Gasteiger charge is -2.16. The van der Waals surface area contributed by atoms with Crippen molar-refractivity contribution in [2.24, 2.45) is 0 Å². The molecule has 1 aliphatic rings. The zero-order chi connectivity index (χ0) is 36.5. The van der Waals surface area contributed by atoms with Crippen LogP contribution in [-0.2, 0) is 0 Å². The lowest BCUT2D eigenvalue weighted by atomic mass is 9.93. The molecule has 0 radical (unpaired) electrons. The van der Waals surface area contributed by atoms with Crippen molar-refractivity contribution >= 4 is 85.6 Å². The third-order valence-electron chi connectivity index (χ3n) is 11.8. The molecular formula is C51H28N4S. The molecule has 258 valence electrons. The first-order chi connectivity index (χ1) is 27.8. The van der Waals surface area contributed by atoms with Crippen LogP contribution in [0.4, 0.5) is 0 Å². The van der Waals surface area contributed by atoms with Crippen molar-refractivity contribution < 1.29 is 0 Å². The Balaban J connectivity index is 1.19. The summed E-state index contributed by atoms with van der Waals surface area (Å²) in [6, 6.07) is 61.1. The van der Waals surface area contributed by atoms with Crippen LogP contribution in [0.2, 0.25) is 0 Å². The fourth-order valence-corrected chi connectivity index (χ4v) is 10.5. The molecule has 12 aromatic rings. The van der Waals surface area contributed by atoms with Crippen LogP contribution in [0.1, 0.15) is 0 Å². The highest BCUT2D eigenvalue weighted by Gasteiger charge is 2.27. The zero-order valence-electron chi connectivity index (χ0n) is 29.9. The molecule has 3 aromatic heterocycles. The second kappa shape index (κ2) is 11.2. The van der Waals surface area contributed by atoms with Crippen LogP contribution in [0.3, 0.4) is 0 Å². The van der Waals surface area contributed by atoms with Crippen molar-refractivity contribution in [3.8, 4) is 51.0 Å². The van der Waals surface area contributed by atoms with Crippen molar-refractivity contribution in [3.05, 3.63) is 170 Å². The monoisotopic (exact) mass is 728 g/mol. The van der Waals surface area contributed by atoms with Crippen LogP contribution in [0, 0.1) is 0 Å². The summed E-state index contributed by atoms with van der Waals surface area (Å²) in [5.74, 6) is 1.87. The molecule has 1 aliphatic carbocycles. The highest BCUT2D eigenvalue weighted by atomic mass is 32.1. The Labute approximate surface area is 324 Å². The zero-order valence-corrected chi connectivity index (χ0v) is 30.7. The van der Waals surface area contributed by atoms with Gasteiger partial charge in [-0.2, -0.15) is 9.97 Å². The number of benzene rings is 9. The van der Waals surface area contributed by atoms with Crippen LogP contribution >= 0.6 is 11.3 Å². The molecule has 0 N–H and O–H groups in total. The first-order valence-corrected chi connectivity index (χ1v) is 19.8. The van der Waals surface area contributed by atoms with Crippen LogP contribution < -0.4 is 0 Å². The van der Waals surface area contributed by atoms with Gasteiger partial charge in [-0.05, 0) is 79.5 Å². The maximum atomic E-state index is 5.53. The molecular weight excluding hydrogens is 701 g/mol. The average Bonchev–Trinajstić information content (AvgIpc) is 3.78. The van der Waals surface area contributed by atoms with E-state index in [1.165, 1.54) is 58.2 Å². The Morgan fingerprint density at radius 2 is 1.07 bits per heavy atom. The average molecular weight is 729 g/mol. The topological polar surface area (TPSA) is 43.6 Å². The Hall–Kier alpha value is -7.21. The van der Waals surface area contributed by atoms with Crippen molar-refractivity contribution in [1.82, 2.24) is 19.5 Å². The molecule has 0 atom stereocenters. The van der Waals surface area contributed by atoms with Crippen molar-refractivity contribution in [2.45, 2.75) is 0 Å². The molecule has 0 spiro atoms. The van der Waals surface area contributed by atoms with Gasteiger partial charge in [0.2, 0.25) is 5.95 Å². The van der Waals surface area contributed by atoms with Crippen LogP contribution in [0.25, 0.3) is 125 Å². The van der Waals surface area contributed by atoms with E-state index >= 15 is 0 Å². The summed E-state index contributed by atoms with van der Waals surface area (Å²) in [5.41, 5.74) is 8.81. The minimum absolute atomic E-state index is 0.595. The van der Waals surface area contributed by atoms with E-state index in [4.69, 9.17) is 15.0 Å². The van der Waals surface area contributed by atoms with Gasteiger partial charge in [0.1, 0.15) is 0 Å². The summed E-state index contributed by atoms with van der Waals surface area (Å²) in [4.78, 5) is 16.3. The summed E-state index contributed by atoms with van der Waals surface area (Å²) in [6.45, 7) is 0. The molecule has 0 unspecified atom stereocenters. The molecule has 5 heteroatoms. The van der Waals surface area contributed by atoms with Crippen LogP contribution in [-0.4, -0.2) is 19.5 Å². The van der Waals surface area contributed by atoms with Gasteiger partial charge in [0.15, 0.2) is 11.6 Å². The smallest absolute Gasteiger partial charge is 0.238 e. The maximum Gasteiger partial charge on any atom is 0.238 e. The van der Waals surface area contributed by atoms with Crippen molar-refractivity contribution in [3.63, 3.8) is 0 Å². The minimum atomic E-state index is 0.595. The summed E-state index contributed by atoms with van der Waals surface area (Å²) < 4.78 is 4.92. The molecule has 0 saturated carbocycles. The van der Waals surface area contributed by atoms with Gasteiger partial charge < -0.3 is 0 Å². The first-order valence-electron chi connectivity index (χ1n) is 18.9. The molecule has 56 heavy (non-hydrogen) atoms. The number of aromatic nitrogens is 4. The molecule has 0 amide bonds. The number of hydrogen-bond acceptors (Lipinski definition) is 4. The molecule has 0 bridgehead atoms. The number of hydrogen-bond donors (Lipinski definition) is 0. The molecule has 0 saturated heterocycles.